The van der Waals surface area contributed by atoms with E-state index in [1.54, 1.807) is 0 Å². The molecule has 0 aromatic rings. The van der Waals surface area contributed by atoms with Gasteiger partial charge in [-0.1, -0.05) is 13.8 Å². The fourth-order valence-corrected chi connectivity index (χ4v) is 0.540. The van der Waals surface area contributed by atoms with Crippen molar-refractivity contribution in [1.82, 2.24) is 4.90 Å². The molecule has 7 heavy (non-hydrogen) atoms. The summed E-state index contributed by atoms with van der Waals surface area (Å²) in [7, 11) is 0. The highest BCUT2D eigenvalue weighted by atomic mass is 15.1. The highest BCUT2D eigenvalue weighted by Gasteiger charge is 1.90. The molecular formula is C6H13N. The zero-order valence-corrected chi connectivity index (χ0v) is 5.36. The van der Waals surface area contributed by atoms with Crippen molar-refractivity contribution in [1.29, 1.82) is 0 Å². The molecule has 1 nitrogen and oxygen atoms in total. The molecule has 42 valence electrons. The van der Waals surface area contributed by atoms with Crippen molar-refractivity contribution in [2.24, 2.45) is 0 Å². The molecule has 0 fully saturated rings. The minimum atomic E-state index is 1.08. The van der Waals surface area contributed by atoms with Gasteiger partial charge in [-0.2, -0.15) is 0 Å². The predicted molar refractivity (Wildman–Crippen MR) is 31.8 cm³/mol. The van der Waals surface area contributed by atoms with Crippen LogP contribution in [0.25, 0.3) is 0 Å². The number of nitrogens with zero attached hydrogens (tertiary/aromatic N) is 1. The average molecular weight is 99.2 g/mol. The van der Waals surface area contributed by atoms with Gasteiger partial charge in [0.05, 0.1) is 6.54 Å². The third-order valence-corrected chi connectivity index (χ3v) is 1.08. The molecule has 2 radical (unpaired) electrons. The minimum absolute atomic E-state index is 1.08. The molecule has 0 saturated heterocycles. The highest BCUT2D eigenvalue weighted by Crippen LogP contribution is 1.87. The Labute approximate surface area is 46.3 Å². The summed E-state index contributed by atoms with van der Waals surface area (Å²) in [6.45, 7) is 11.4. The monoisotopic (exact) mass is 99.1 g/mol. The molecule has 0 aliphatic rings. The first kappa shape index (κ1) is 6.96. The third-order valence-electron chi connectivity index (χ3n) is 1.08. The molecular weight excluding hydrogens is 86.1 g/mol. The quantitative estimate of drug-likeness (QED) is 0.483. The lowest BCUT2D eigenvalue weighted by molar-refractivity contribution is 0.375. The molecule has 0 saturated carbocycles. The summed E-state index contributed by atoms with van der Waals surface area (Å²) in [4.78, 5) is 2.12. The molecule has 0 aromatic heterocycles. The second-order valence-electron chi connectivity index (χ2n) is 1.40. The molecule has 0 spiro atoms. The van der Waals surface area contributed by atoms with Crippen LogP contribution in [0.15, 0.2) is 0 Å². The van der Waals surface area contributed by atoms with Crippen molar-refractivity contribution < 1.29 is 0 Å². The van der Waals surface area contributed by atoms with Crippen LogP contribution >= 0.6 is 0 Å². The molecule has 0 aliphatic carbocycles. The zero-order chi connectivity index (χ0) is 5.70. The Bertz CT molecular complexity index is 25.7. The van der Waals surface area contributed by atoms with Crippen LogP contribution in [0.2, 0.25) is 0 Å². The zero-order valence-electron chi connectivity index (χ0n) is 5.36. The lowest BCUT2D eigenvalue weighted by Gasteiger charge is -2.11. The van der Waals surface area contributed by atoms with Crippen molar-refractivity contribution in [3.05, 3.63) is 6.54 Å². The van der Waals surface area contributed by atoms with Crippen LogP contribution in [0, 0.1) is 6.54 Å². The molecule has 0 amide bonds. The Morgan fingerprint density at radius 3 is 1.71 bits per heavy atom. The summed E-state index contributed by atoms with van der Waals surface area (Å²) in [5, 5.41) is 0. The van der Waals surface area contributed by atoms with E-state index in [1.807, 2.05) is 6.92 Å². The molecule has 0 N–H and O–H groups in total. The summed E-state index contributed by atoms with van der Waals surface area (Å²) >= 11 is 0. The van der Waals surface area contributed by atoms with E-state index in [9.17, 15) is 0 Å². The normalized spacial score (nSPS) is 10.3. The van der Waals surface area contributed by atoms with Gasteiger partial charge in [0, 0.05) is 0 Å². The van der Waals surface area contributed by atoms with Crippen molar-refractivity contribution in [2.45, 2.75) is 20.8 Å². The van der Waals surface area contributed by atoms with E-state index >= 15 is 0 Å². The van der Waals surface area contributed by atoms with Crippen molar-refractivity contribution >= 4 is 0 Å². The predicted octanol–water partition coefficient (Wildman–Crippen LogP) is 1.39. The van der Waals surface area contributed by atoms with Crippen LogP contribution in [-0.2, 0) is 0 Å². The van der Waals surface area contributed by atoms with Crippen molar-refractivity contribution in [3.63, 3.8) is 0 Å². The second-order valence-corrected chi connectivity index (χ2v) is 1.40. The van der Waals surface area contributed by atoms with E-state index in [2.05, 4.69) is 25.3 Å². The average Bonchev–Trinajstić information content (AvgIpc) is 1.72. The Balaban J connectivity index is 2.99. The van der Waals surface area contributed by atoms with Crippen molar-refractivity contribution in [2.75, 3.05) is 13.1 Å². The van der Waals surface area contributed by atoms with Crippen LogP contribution in [0.1, 0.15) is 20.8 Å². The fourth-order valence-electron chi connectivity index (χ4n) is 0.540. The van der Waals surface area contributed by atoms with Crippen LogP contribution in [0.5, 0.6) is 0 Å². The van der Waals surface area contributed by atoms with Gasteiger partial charge in [0.1, 0.15) is 0 Å². The largest absolute Gasteiger partial charge is 0.295 e. The standard InChI is InChI=1S/C6H13N/c1-4-7(5-2)6-3/h4-5H2,1-3H3. The van der Waals surface area contributed by atoms with E-state index < -0.39 is 0 Å². The van der Waals surface area contributed by atoms with E-state index in [1.165, 1.54) is 0 Å². The van der Waals surface area contributed by atoms with Crippen LogP contribution in [0.3, 0.4) is 0 Å². The Morgan fingerprint density at radius 2 is 1.71 bits per heavy atom. The summed E-state index contributed by atoms with van der Waals surface area (Å²) in [5.41, 5.74) is 0. The maximum atomic E-state index is 3.03. The third kappa shape index (κ3) is 2.63. The van der Waals surface area contributed by atoms with Gasteiger partial charge in [0.15, 0.2) is 0 Å². The van der Waals surface area contributed by atoms with E-state index in [0.29, 0.717) is 0 Å². The lowest BCUT2D eigenvalue weighted by Crippen LogP contribution is -2.17. The molecule has 0 unspecified atom stereocenters. The Kier molecular flexibility index (Phi) is 4.10. The molecule has 0 atom stereocenters. The first-order valence-corrected chi connectivity index (χ1v) is 2.77. The lowest BCUT2D eigenvalue weighted by atomic mass is 10.5. The van der Waals surface area contributed by atoms with Gasteiger partial charge in [-0.25, -0.2) is 0 Å². The van der Waals surface area contributed by atoms with Gasteiger partial charge in [-0.05, 0) is 20.0 Å². The van der Waals surface area contributed by atoms with Gasteiger partial charge < -0.3 is 0 Å². The summed E-state index contributed by atoms with van der Waals surface area (Å²) in [6, 6.07) is 0. The number of hydrogen-bond acceptors (Lipinski definition) is 1. The van der Waals surface area contributed by atoms with E-state index in [4.69, 9.17) is 0 Å². The second kappa shape index (κ2) is 4.13. The summed E-state index contributed by atoms with van der Waals surface area (Å²) < 4.78 is 0. The Morgan fingerprint density at radius 1 is 1.29 bits per heavy atom. The molecule has 0 rings (SSSR count). The maximum absolute atomic E-state index is 3.03. The molecule has 0 aromatic carbocycles. The topological polar surface area (TPSA) is 3.24 Å². The first-order valence-electron chi connectivity index (χ1n) is 2.77. The van der Waals surface area contributed by atoms with Gasteiger partial charge in [-0.3, -0.25) is 4.90 Å². The molecule has 0 bridgehead atoms. The maximum Gasteiger partial charge on any atom is 0.0581 e. The Hall–Kier alpha value is -0.0400. The van der Waals surface area contributed by atoms with Gasteiger partial charge in [-0.15, -0.1) is 0 Å². The van der Waals surface area contributed by atoms with Crippen molar-refractivity contribution in [3.8, 4) is 0 Å². The van der Waals surface area contributed by atoms with Gasteiger partial charge in [0.25, 0.3) is 0 Å². The summed E-state index contributed by atoms with van der Waals surface area (Å²) in [6.07, 6.45) is 0. The van der Waals surface area contributed by atoms with Crippen LogP contribution in [0.4, 0.5) is 0 Å². The SMILES string of the molecule is C[C]N(CC)CC. The van der Waals surface area contributed by atoms with Gasteiger partial charge in [0.2, 0.25) is 0 Å². The highest BCUT2D eigenvalue weighted by molar-refractivity contribution is 4.56. The van der Waals surface area contributed by atoms with Crippen LogP contribution in [-0.4, -0.2) is 18.0 Å². The van der Waals surface area contributed by atoms with Gasteiger partial charge >= 0.3 is 0 Å². The minimum Gasteiger partial charge on any atom is -0.295 e. The fraction of sp³-hybridized carbons (Fsp3) is 0.833. The van der Waals surface area contributed by atoms with E-state index in [-0.39, 0.29) is 0 Å². The van der Waals surface area contributed by atoms with E-state index in [0.717, 1.165) is 13.1 Å². The molecule has 0 aliphatic heterocycles. The van der Waals surface area contributed by atoms with Crippen LogP contribution < -0.4 is 0 Å². The smallest absolute Gasteiger partial charge is 0.0581 e. The molecule has 0 heterocycles. The number of hydrogen-bond donors (Lipinski definition) is 0. The molecule has 1 heteroatoms. The summed E-state index contributed by atoms with van der Waals surface area (Å²) in [5.74, 6) is 0. The number of rotatable bonds is 3. The first-order chi connectivity index (χ1) is 3.35.